The van der Waals surface area contributed by atoms with E-state index in [0.717, 1.165) is 39.4 Å². The van der Waals surface area contributed by atoms with Gasteiger partial charge in [-0.05, 0) is 68.6 Å². The van der Waals surface area contributed by atoms with Crippen LogP contribution in [-0.2, 0) is 16.4 Å². The zero-order chi connectivity index (χ0) is 24.3. The van der Waals surface area contributed by atoms with Gasteiger partial charge in [0.05, 0.1) is 22.3 Å². The Labute approximate surface area is 205 Å². The summed E-state index contributed by atoms with van der Waals surface area (Å²) in [5.41, 5.74) is 4.99. The van der Waals surface area contributed by atoms with E-state index in [-0.39, 0.29) is 17.9 Å². The summed E-state index contributed by atoms with van der Waals surface area (Å²) in [5.74, 6) is 3.47. The standard InChI is InChI=1S/C26H29N3O3S2/c1-5-18-15-19(9-12-24(18)32-17(2)3)26-28-16-25(33-26)22-8-6-7-21-20(22)10-11-23(21)29-34(30,31)14-13-27-4/h1,6-9,12,15-17,23,27,29H,10-11,13-14H2,2-4H3. The van der Waals surface area contributed by atoms with Crippen LogP contribution in [0.4, 0.5) is 0 Å². The van der Waals surface area contributed by atoms with E-state index < -0.39 is 10.0 Å². The third-order valence-corrected chi connectivity index (χ3v) is 8.19. The minimum Gasteiger partial charge on any atom is -0.490 e. The third-order valence-electron chi connectivity index (χ3n) is 5.73. The van der Waals surface area contributed by atoms with Crippen LogP contribution < -0.4 is 14.8 Å². The van der Waals surface area contributed by atoms with Gasteiger partial charge in [0.25, 0.3) is 0 Å². The Kier molecular flexibility index (Phi) is 7.39. The molecular formula is C26H29N3O3S2. The third kappa shape index (κ3) is 5.34. The lowest BCUT2D eigenvalue weighted by Crippen LogP contribution is -2.33. The Morgan fingerprint density at radius 3 is 2.85 bits per heavy atom. The minimum atomic E-state index is -3.35. The number of benzene rings is 2. The number of aromatic nitrogens is 1. The van der Waals surface area contributed by atoms with Crippen LogP contribution in [0.5, 0.6) is 5.75 Å². The second-order valence-electron chi connectivity index (χ2n) is 8.56. The molecule has 1 aliphatic carbocycles. The van der Waals surface area contributed by atoms with E-state index in [0.29, 0.717) is 17.9 Å². The molecule has 0 fully saturated rings. The predicted molar refractivity (Wildman–Crippen MR) is 139 cm³/mol. The molecule has 0 saturated heterocycles. The van der Waals surface area contributed by atoms with Crippen LogP contribution in [0.1, 0.15) is 43.0 Å². The Bertz CT molecular complexity index is 1320. The largest absolute Gasteiger partial charge is 0.490 e. The summed E-state index contributed by atoms with van der Waals surface area (Å²) < 4.78 is 33.5. The lowest BCUT2D eigenvalue weighted by Gasteiger charge is -2.15. The molecule has 0 radical (unpaired) electrons. The second-order valence-corrected chi connectivity index (χ2v) is 11.5. The molecule has 3 aromatic rings. The molecule has 0 aliphatic heterocycles. The van der Waals surface area contributed by atoms with Gasteiger partial charge < -0.3 is 10.1 Å². The van der Waals surface area contributed by atoms with Gasteiger partial charge in [-0.15, -0.1) is 17.8 Å². The number of rotatable bonds is 9. The summed E-state index contributed by atoms with van der Waals surface area (Å²) in [6, 6.07) is 11.7. The molecule has 0 saturated carbocycles. The number of nitrogens with zero attached hydrogens (tertiary/aromatic N) is 1. The molecule has 1 heterocycles. The van der Waals surface area contributed by atoms with Gasteiger partial charge in [-0.25, -0.2) is 18.1 Å². The van der Waals surface area contributed by atoms with Gasteiger partial charge in [0, 0.05) is 24.3 Å². The average molecular weight is 496 g/mol. The van der Waals surface area contributed by atoms with Crippen molar-refractivity contribution in [1.29, 1.82) is 0 Å². The molecule has 178 valence electrons. The Morgan fingerprint density at radius 2 is 2.12 bits per heavy atom. The van der Waals surface area contributed by atoms with Crippen molar-refractivity contribution in [3.63, 3.8) is 0 Å². The maximum Gasteiger partial charge on any atom is 0.213 e. The Morgan fingerprint density at radius 1 is 1.29 bits per heavy atom. The fourth-order valence-electron chi connectivity index (χ4n) is 4.18. The van der Waals surface area contributed by atoms with Crippen LogP contribution >= 0.6 is 11.3 Å². The molecule has 1 aromatic heterocycles. The highest BCUT2D eigenvalue weighted by Gasteiger charge is 2.28. The number of sulfonamides is 1. The maximum atomic E-state index is 12.4. The van der Waals surface area contributed by atoms with E-state index in [1.165, 1.54) is 5.56 Å². The van der Waals surface area contributed by atoms with Crippen LogP contribution in [0, 0.1) is 12.3 Å². The van der Waals surface area contributed by atoms with Crippen molar-refractivity contribution in [2.24, 2.45) is 0 Å². The fourth-order valence-corrected chi connectivity index (χ4v) is 6.42. The average Bonchev–Trinajstić information content (AvgIpc) is 3.45. The number of fused-ring (bicyclic) bond motifs is 1. The van der Waals surface area contributed by atoms with Crippen molar-refractivity contribution in [2.75, 3.05) is 19.3 Å². The van der Waals surface area contributed by atoms with Crippen LogP contribution in [0.2, 0.25) is 0 Å². The first-order valence-corrected chi connectivity index (χ1v) is 13.8. The molecule has 2 N–H and O–H groups in total. The molecule has 1 atom stereocenters. The van der Waals surface area contributed by atoms with Gasteiger partial charge in [0.15, 0.2) is 0 Å². The van der Waals surface area contributed by atoms with E-state index in [4.69, 9.17) is 11.2 Å². The second kappa shape index (κ2) is 10.3. The van der Waals surface area contributed by atoms with Gasteiger partial charge in [0.1, 0.15) is 10.8 Å². The zero-order valence-electron chi connectivity index (χ0n) is 19.6. The van der Waals surface area contributed by atoms with Gasteiger partial charge in [0.2, 0.25) is 10.0 Å². The molecule has 4 rings (SSSR count). The Hall–Kier alpha value is -2.70. The van der Waals surface area contributed by atoms with E-state index in [1.54, 1.807) is 18.4 Å². The smallest absolute Gasteiger partial charge is 0.213 e. The van der Waals surface area contributed by atoms with Crippen molar-refractivity contribution in [3.8, 4) is 39.1 Å². The quantitative estimate of drug-likeness (QED) is 0.431. The molecule has 34 heavy (non-hydrogen) atoms. The van der Waals surface area contributed by atoms with Crippen molar-refractivity contribution in [1.82, 2.24) is 15.0 Å². The van der Waals surface area contributed by atoms with Crippen molar-refractivity contribution < 1.29 is 13.2 Å². The monoisotopic (exact) mass is 495 g/mol. The summed E-state index contributed by atoms with van der Waals surface area (Å²) in [4.78, 5) is 5.71. The molecule has 2 aromatic carbocycles. The van der Waals surface area contributed by atoms with Gasteiger partial charge in [-0.3, -0.25) is 0 Å². The predicted octanol–water partition coefficient (Wildman–Crippen LogP) is 4.37. The molecule has 1 unspecified atom stereocenters. The van der Waals surface area contributed by atoms with E-state index in [9.17, 15) is 8.42 Å². The molecule has 6 nitrogen and oxygen atoms in total. The molecule has 8 heteroatoms. The van der Waals surface area contributed by atoms with E-state index in [1.807, 2.05) is 50.4 Å². The first-order chi connectivity index (χ1) is 16.3. The van der Waals surface area contributed by atoms with Crippen molar-refractivity contribution in [3.05, 3.63) is 59.3 Å². The summed E-state index contributed by atoms with van der Waals surface area (Å²) in [7, 11) is -1.60. The molecule has 0 spiro atoms. The van der Waals surface area contributed by atoms with Gasteiger partial charge >= 0.3 is 0 Å². The van der Waals surface area contributed by atoms with Gasteiger partial charge in [-0.2, -0.15) is 0 Å². The first kappa shape index (κ1) is 24.4. The van der Waals surface area contributed by atoms with Crippen molar-refractivity contribution >= 4 is 21.4 Å². The lowest BCUT2D eigenvalue weighted by molar-refractivity contribution is 0.242. The fraction of sp³-hybridized carbons (Fsp3) is 0.346. The number of terminal acetylenes is 1. The van der Waals surface area contributed by atoms with E-state index >= 15 is 0 Å². The molecule has 0 bridgehead atoms. The highest BCUT2D eigenvalue weighted by Crippen LogP contribution is 2.41. The van der Waals surface area contributed by atoms with Crippen LogP contribution in [0.25, 0.3) is 21.0 Å². The van der Waals surface area contributed by atoms with Crippen LogP contribution in [0.3, 0.4) is 0 Å². The summed E-state index contributed by atoms with van der Waals surface area (Å²) in [5, 5.41) is 3.77. The first-order valence-electron chi connectivity index (χ1n) is 11.3. The number of hydrogen-bond acceptors (Lipinski definition) is 6. The Balaban J connectivity index is 1.60. The van der Waals surface area contributed by atoms with Gasteiger partial charge in [-0.1, -0.05) is 24.1 Å². The van der Waals surface area contributed by atoms with Crippen LogP contribution in [0.15, 0.2) is 42.6 Å². The number of hydrogen-bond donors (Lipinski definition) is 2. The zero-order valence-corrected chi connectivity index (χ0v) is 21.2. The summed E-state index contributed by atoms with van der Waals surface area (Å²) >= 11 is 1.60. The number of ether oxygens (including phenoxy) is 1. The summed E-state index contributed by atoms with van der Waals surface area (Å²) in [6.07, 6.45) is 9.21. The molecule has 1 aliphatic rings. The highest BCUT2D eigenvalue weighted by molar-refractivity contribution is 7.89. The molecular weight excluding hydrogens is 466 g/mol. The van der Waals surface area contributed by atoms with Crippen LogP contribution in [-0.4, -0.2) is 38.9 Å². The SMILES string of the molecule is C#Cc1cc(-c2ncc(-c3cccc4c3CCC4NS(=O)(=O)CCNC)s2)ccc1OC(C)C. The number of thiazole rings is 1. The topological polar surface area (TPSA) is 80.3 Å². The number of nitrogens with one attached hydrogen (secondary N) is 2. The lowest BCUT2D eigenvalue weighted by atomic mass is 10.0. The molecule has 0 amide bonds. The highest BCUT2D eigenvalue weighted by atomic mass is 32.2. The van der Waals surface area contributed by atoms with E-state index in [2.05, 4.69) is 27.0 Å². The maximum absolute atomic E-state index is 12.4. The summed E-state index contributed by atoms with van der Waals surface area (Å²) in [6.45, 7) is 4.36. The van der Waals surface area contributed by atoms with Crippen molar-refractivity contribution in [2.45, 2.75) is 38.8 Å². The minimum absolute atomic E-state index is 0.0428. The normalized spacial score (nSPS) is 15.3.